The molecule has 2 amide bonds. The van der Waals surface area contributed by atoms with Crippen molar-refractivity contribution >= 4 is 23.2 Å². The van der Waals surface area contributed by atoms with Crippen LogP contribution in [0.5, 0.6) is 5.75 Å². The Hall–Kier alpha value is -3.68. The second kappa shape index (κ2) is 11.8. The van der Waals surface area contributed by atoms with Crippen molar-refractivity contribution < 1.29 is 19.1 Å². The molecule has 0 radical (unpaired) electrons. The van der Waals surface area contributed by atoms with E-state index in [2.05, 4.69) is 34.5 Å². The molecule has 7 heteroatoms. The van der Waals surface area contributed by atoms with Gasteiger partial charge in [-0.2, -0.15) is 0 Å². The molecule has 7 nitrogen and oxygen atoms in total. The van der Waals surface area contributed by atoms with Crippen LogP contribution < -0.4 is 15.0 Å². The number of benzene rings is 3. The number of nitrogens with one attached hydrogen (secondary N) is 1. The molecule has 3 aromatic rings. The first-order chi connectivity index (χ1) is 18.6. The number of carbonyl (C=O) groups is 2. The van der Waals surface area contributed by atoms with Crippen LogP contribution in [0.15, 0.2) is 78.9 Å². The summed E-state index contributed by atoms with van der Waals surface area (Å²) in [5.41, 5.74) is 3.25. The highest BCUT2D eigenvalue weighted by Gasteiger charge is 2.56. The molecule has 1 N–H and O–H groups in total. The number of amides is 2. The first-order valence-corrected chi connectivity index (χ1v) is 13.4. The predicted molar refractivity (Wildman–Crippen MR) is 149 cm³/mol. The quantitative estimate of drug-likeness (QED) is 0.395. The molecule has 2 aliphatic rings. The molecule has 0 bridgehead atoms. The number of morpholine rings is 1. The summed E-state index contributed by atoms with van der Waals surface area (Å²) in [5.74, 6) is 0.661. The average Bonchev–Trinajstić information content (AvgIpc) is 3.77. The van der Waals surface area contributed by atoms with Gasteiger partial charge in [0.15, 0.2) is 0 Å². The lowest BCUT2D eigenvalue weighted by Gasteiger charge is -2.37. The smallest absolute Gasteiger partial charge is 0.252 e. The number of para-hydroxylation sites is 2. The molecule has 198 valence electrons. The Morgan fingerprint density at radius 2 is 1.58 bits per heavy atom. The third kappa shape index (κ3) is 5.74. The minimum absolute atomic E-state index is 0.0565. The minimum Gasteiger partial charge on any atom is -0.491 e. The van der Waals surface area contributed by atoms with Gasteiger partial charge in [0.2, 0.25) is 5.91 Å². The lowest BCUT2D eigenvalue weighted by molar-refractivity contribution is -0.126. The third-order valence-corrected chi connectivity index (χ3v) is 7.23. The monoisotopic (exact) mass is 513 g/mol. The van der Waals surface area contributed by atoms with Gasteiger partial charge in [-0.1, -0.05) is 54.6 Å². The van der Waals surface area contributed by atoms with Crippen LogP contribution in [0.2, 0.25) is 0 Å². The molecule has 3 aromatic carbocycles. The van der Waals surface area contributed by atoms with Crippen molar-refractivity contribution in [2.75, 3.05) is 44.4 Å². The van der Waals surface area contributed by atoms with Gasteiger partial charge in [-0.25, -0.2) is 0 Å². The van der Waals surface area contributed by atoms with Gasteiger partial charge in [0.05, 0.1) is 25.5 Å². The van der Waals surface area contributed by atoms with E-state index in [4.69, 9.17) is 9.47 Å². The van der Waals surface area contributed by atoms with E-state index < -0.39 is 5.54 Å². The Morgan fingerprint density at radius 3 is 2.26 bits per heavy atom. The fraction of sp³-hybridized carbons (Fsp3) is 0.355. The number of carbonyl (C=O) groups excluding carboxylic acids is 2. The summed E-state index contributed by atoms with van der Waals surface area (Å²) in [6.45, 7) is 5.29. The Labute approximate surface area is 224 Å². The lowest BCUT2D eigenvalue weighted by atomic mass is 10.0. The number of hydrogen-bond acceptors (Lipinski definition) is 5. The van der Waals surface area contributed by atoms with Gasteiger partial charge in [0, 0.05) is 32.2 Å². The molecule has 0 atom stereocenters. The molecule has 1 aliphatic carbocycles. The molecule has 1 saturated heterocycles. The summed E-state index contributed by atoms with van der Waals surface area (Å²) >= 11 is 0. The van der Waals surface area contributed by atoms with E-state index in [0.29, 0.717) is 38.5 Å². The predicted octanol–water partition coefficient (Wildman–Crippen LogP) is 4.79. The number of nitrogens with zero attached hydrogens (tertiary/aromatic N) is 2. The van der Waals surface area contributed by atoms with E-state index >= 15 is 0 Å². The van der Waals surface area contributed by atoms with Gasteiger partial charge in [0.1, 0.15) is 11.3 Å². The van der Waals surface area contributed by atoms with E-state index in [1.165, 1.54) is 6.92 Å². The average molecular weight is 514 g/mol. The fourth-order valence-electron chi connectivity index (χ4n) is 5.07. The Kier molecular flexibility index (Phi) is 8.05. The maximum absolute atomic E-state index is 14.4. The summed E-state index contributed by atoms with van der Waals surface area (Å²) in [6, 6.07) is 26.1. The first kappa shape index (κ1) is 25.9. The van der Waals surface area contributed by atoms with Crippen LogP contribution in [-0.4, -0.2) is 61.7 Å². The zero-order chi connectivity index (χ0) is 26.4. The van der Waals surface area contributed by atoms with Crippen LogP contribution in [0.4, 0.5) is 11.4 Å². The topological polar surface area (TPSA) is 71.1 Å². The highest BCUT2D eigenvalue weighted by atomic mass is 16.5. The minimum atomic E-state index is -0.513. The number of rotatable bonds is 10. The SMILES string of the molecule is CC(=O)NCCCOc1ccccc1N(C(=O)C1(N2CCOCC2)CC1)c1ccc(-c2ccccc2)cc1. The second-order valence-corrected chi connectivity index (χ2v) is 9.84. The Morgan fingerprint density at radius 1 is 0.921 bits per heavy atom. The van der Waals surface area contributed by atoms with Gasteiger partial charge in [-0.05, 0) is 54.7 Å². The van der Waals surface area contributed by atoms with Gasteiger partial charge >= 0.3 is 0 Å². The summed E-state index contributed by atoms with van der Waals surface area (Å²) < 4.78 is 11.7. The van der Waals surface area contributed by atoms with E-state index in [1.807, 2.05) is 59.5 Å². The maximum Gasteiger partial charge on any atom is 0.252 e. The zero-order valence-corrected chi connectivity index (χ0v) is 21.9. The molecular formula is C31H35N3O4. The second-order valence-electron chi connectivity index (χ2n) is 9.84. The van der Waals surface area contributed by atoms with Crippen LogP contribution in [-0.2, 0) is 14.3 Å². The summed E-state index contributed by atoms with van der Waals surface area (Å²) in [4.78, 5) is 29.7. The molecule has 1 aliphatic heterocycles. The molecule has 2 fully saturated rings. The summed E-state index contributed by atoms with van der Waals surface area (Å²) in [7, 11) is 0. The number of hydrogen-bond donors (Lipinski definition) is 1. The molecule has 5 rings (SSSR count). The molecule has 0 unspecified atom stereocenters. The zero-order valence-electron chi connectivity index (χ0n) is 21.9. The van der Waals surface area contributed by atoms with Crippen molar-refractivity contribution in [1.29, 1.82) is 0 Å². The number of anilines is 2. The van der Waals surface area contributed by atoms with Crippen LogP contribution >= 0.6 is 0 Å². The Balaban J connectivity index is 1.46. The molecule has 1 heterocycles. The van der Waals surface area contributed by atoms with Crippen molar-refractivity contribution in [2.45, 2.75) is 31.7 Å². The maximum atomic E-state index is 14.4. The van der Waals surface area contributed by atoms with Crippen molar-refractivity contribution in [3.63, 3.8) is 0 Å². The summed E-state index contributed by atoms with van der Waals surface area (Å²) in [5, 5.41) is 2.80. The molecule has 38 heavy (non-hydrogen) atoms. The van der Waals surface area contributed by atoms with Gasteiger partial charge in [0.25, 0.3) is 5.91 Å². The van der Waals surface area contributed by atoms with Crippen molar-refractivity contribution in [2.24, 2.45) is 0 Å². The standard InChI is InChI=1S/C31H35N3O4/c1-24(35)32-18-7-21-38-29-11-6-5-10-28(29)34(30(36)31(16-17-31)33-19-22-37-23-20-33)27-14-12-26(13-15-27)25-8-3-2-4-9-25/h2-6,8-15H,7,16-23H2,1H3,(H,32,35). The Bertz CT molecular complexity index is 1240. The first-order valence-electron chi connectivity index (χ1n) is 13.4. The van der Waals surface area contributed by atoms with E-state index in [9.17, 15) is 9.59 Å². The van der Waals surface area contributed by atoms with E-state index in [-0.39, 0.29) is 11.8 Å². The number of ether oxygens (including phenoxy) is 2. The third-order valence-electron chi connectivity index (χ3n) is 7.23. The molecule has 1 saturated carbocycles. The van der Waals surface area contributed by atoms with E-state index in [0.717, 1.165) is 48.4 Å². The normalized spacial score (nSPS) is 16.4. The molecule has 0 spiro atoms. The highest BCUT2D eigenvalue weighted by molar-refractivity contribution is 6.08. The molecular weight excluding hydrogens is 478 g/mol. The molecule has 0 aromatic heterocycles. The van der Waals surface area contributed by atoms with Crippen LogP contribution in [0.3, 0.4) is 0 Å². The van der Waals surface area contributed by atoms with Crippen molar-refractivity contribution in [3.8, 4) is 16.9 Å². The van der Waals surface area contributed by atoms with Crippen molar-refractivity contribution in [1.82, 2.24) is 10.2 Å². The van der Waals surface area contributed by atoms with Crippen LogP contribution in [0.1, 0.15) is 26.2 Å². The fourth-order valence-corrected chi connectivity index (χ4v) is 5.07. The van der Waals surface area contributed by atoms with Gasteiger partial charge in [-0.15, -0.1) is 0 Å². The van der Waals surface area contributed by atoms with Gasteiger partial charge < -0.3 is 14.8 Å². The van der Waals surface area contributed by atoms with Crippen molar-refractivity contribution in [3.05, 3.63) is 78.9 Å². The summed E-state index contributed by atoms with van der Waals surface area (Å²) in [6.07, 6.45) is 2.35. The van der Waals surface area contributed by atoms with E-state index in [1.54, 1.807) is 0 Å². The van der Waals surface area contributed by atoms with Crippen LogP contribution in [0.25, 0.3) is 11.1 Å². The van der Waals surface area contributed by atoms with Gasteiger partial charge in [-0.3, -0.25) is 19.4 Å². The largest absolute Gasteiger partial charge is 0.491 e. The van der Waals surface area contributed by atoms with Crippen LogP contribution in [0, 0.1) is 0 Å². The highest BCUT2D eigenvalue weighted by Crippen LogP contribution is 2.47. The lowest BCUT2D eigenvalue weighted by Crippen LogP contribution is -2.53.